The van der Waals surface area contributed by atoms with Gasteiger partial charge < -0.3 is 25.2 Å². The minimum absolute atomic E-state index is 0.0211. The molecular formula is C29H42O6. The fraction of sp³-hybridized carbons (Fsp3) is 0.621. The molecule has 1 fully saturated rings. The third kappa shape index (κ3) is 6.35. The molecule has 0 aromatic heterocycles. The molecule has 194 valence electrons. The van der Waals surface area contributed by atoms with Crippen molar-refractivity contribution in [2.75, 3.05) is 26.4 Å². The minimum atomic E-state index is -0.519. The first-order chi connectivity index (χ1) is 16.8. The second-order valence-electron chi connectivity index (χ2n) is 10.8. The predicted octanol–water partition coefficient (Wildman–Crippen LogP) is 4.47. The lowest BCUT2D eigenvalue weighted by molar-refractivity contribution is -0.139. The molecular weight excluding hydrogens is 444 g/mol. The summed E-state index contributed by atoms with van der Waals surface area (Å²) in [5.41, 5.74) is 1.45. The van der Waals surface area contributed by atoms with E-state index in [2.05, 4.69) is 19.9 Å². The Bertz CT molecular complexity index is 885. The molecule has 1 aromatic rings. The van der Waals surface area contributed by atoms with E-state index in [0.29, 0.717) is 18.3 Å². The highest BCUT2D eigenvalue weighted by molar-refractivity contribution is 5.87. The molecule has 2 aliphatic carbocycles. The van der Waals surface area contributed by atoms with Gasteiger partial charge in [-0.2, -0.15) is 0 Å². The summed E-state index contributed by atoms with van der Waals surface area (Å²) in [7, 11) is 0. The molecule has 0 bridgehead atoms. The Morgan fingerprint density at radius 1 is 1.14 bits per heavy atom. The van der Waals surface area contributed by atoms with Crippen molar-refractivity contribution < 1.29 is 30.0 Å². The first-order valence-corrected chi connectivity index (χ1v) is 13.0. The number of carbonyl (C=O) groups excluding carboxylic acids is 1. The number of allylic oxidation sites excluding steroid dienone is 1. The third-order valence-electron chi connectivity index (χ3n) is 8.53. The lowest BCUT2D eigenvalue weighted by atomic mass is 9.50. The molecule has 4 N–H and O–H groups in total. The van der Waals surface area contributed by atoms with Crippen LogP contribution in [0, 0.1) is 28.6 Å². The Kier molecular flexibility index (Phi) is 9.56. The number of aliphatic hydroxyl groups is 3. The number of esters is 1. The fourth-order valence-electron chi connectivity index (χ4n) is 6.49. The molecule has 0 radical (unpaired) electrons. The van der Waals surface area contributed by atoms with E-state index in [-0.39, 0.29) is 43.5 Å². The highest BCUT2D eigenvalue weighted by Gasteiger charge is 2.52. The van der Waals surface area contributed by atoms with Crippen LogP contribution in [0.1, 0.15) is 64.4 Å². The van der Waals surface area contributed by atoms with Crippen molar-refractivity contribution in [1.82, 2.24) is 0 Å². The standard InChI is InChI=1S/C29H42O6/c1-21-4-12-26-28(2,15-3-16-29(26,19-31)20-32)25(21)11-7-23(14-17-30)18-35-27(34)13-8-22-5-9-24(33)10-6-22/h5-6,8-10,12-13,21,23,25,30-33H,3-4,7,11,14-20H2,1-2H3. The van der Waals surface area contributed by atoms with Crippen LogP contribution in [0.2, 0.25) is 0 Å². The van der Waals surface area contributed by atoms with Crippen molar-refractivity contribution in [1.29, 1.82) is 0 Å². The van der Waals surface area contributed by atoms with E-state index in [9.17, 15) is 25.2 Å². The van der Waals surface area contributed by atoms with Crippen LogP contribution in [0.25, 0.3) is 6.08 Å². The van der Waals surface area contributed by atoms with E-state index < -0.39 is 11.4 Å². The quantitative estimate of drug-likeness (QED) is 0.209. The van der Waals surface area contributed by atoms with Gasteiger partial charge in [0, 0.05) is 18.1 Å². The second kappa shape index (κ2) is 12.2. The van der Waals surface area contributed by atoms with Gasteiger partial charge in [0.15, 0.2) is 0 Å². The molecule has 0 aliphatic heterocycles. The van der Waals surface area contributed by atoms with E-state index in [1.54, 1.807) is 30.3 Å². The number of phenolic OH excluding ortho intramolecular Hbond substituents is 1. The van der Waals surface area contributed by atoms with Gasteiger partial charge in [-0.1, -0.05) is 44.1 Å². The third-order valence-corrected chi connectivity index (χ3v) is 8.53. The summed E-state index contributed by atoms with van der Waals surface area (Å²) in [4.78, 5) is 12.3. The van der Waals surface area contributed by atoms with Gasteiger partial charge >= 0.3 is 5.97 Å². The predicted molar refractivity (Wildman–Crippen MR) is 136 cm³/mol. The highest BCUT2D eigenvalue weighted by atomic mass is 16.5. The lowest BCUT2D eigenvalue weighted by Crippen LogP contribution is -2.49. The molecule has 0 amide bonds. The molecule has 4 atom stereocenters. The summed E-state index contributed by atoms with van der Waals surface area (Å²) in [6, 6.07) is 6.56. The summed E-state index contributed by atoms with van der Waals surface area (Å²) < 4.78 is 5.50. The number of rotatable bonds is 11. The van der Waals surface area contributed by atoms with Crippen LogP contribution >= 0.6 is 0 Å². The molecule has 4 unspecified atom stereocenters. The van der Waals surface area contributed by atoms with Crippen LogP contribution in [0.5, 0.6) is 5.75 Å². The second-order valence-corrected chi connectivity index (χ2v) is 10.8. The molecule has 0 heterocycles. The minimum Gasteiger partial charge on any atom is -0.508 e. The van der Waals surface area contributed by atoms with Crippen molar-refractivity contribution in [3.05, 3.63) is 47.6 Å². The highest BCUT2D eigenvalue weighted by Crippen LogP contribution is 2.59. The fourth-order valence-corrected chi connectivity index (χ4v) is 6.49. The summed E-state index contributed by atoms with van der Waals surface area (Å²) >= 11 is 0. The molecule has 1 saturated carbocycles. The van der Waals surface area contributed by atoms with Gasteiger partial charge in [-0.25, -0.2) is 4.79 Å². The molecule has 0 spiro atoms. The summed E-state index contributed by atoms with van der Waals surface area (Å²) in [6.07, 6.45) is 11.5. The van der Waals surface area contributed by atoms with Gasteiger partial charge in [0.05, 0.1) is 19.8 Å². The van der Waals surface area contributed by atoms with Crippen LogP contribution in [0.3, 0.4) is 0 Å². The molecule has 1 aromatic carbocycles. The first-order valence-electron chi connectivity index (χ1n) is 13.0. The maximum Gasteiger partial charge on any atom is 0.330 e. The van der Waals surface area contributed by atoms with E-state index in [1.165, 1.54) is 11.6 Å². The Balaban J connectivity index is 1.61. The van der Waals surface area contributed by atoms with Gasteiger partial charge in [-0.3, -0.25) is 0 Å². The number of fused-ring (bicyclic) bond motifs is 1. The lowest BCUT2D eigenvalue weighted by Gasteiger charge is -2.55. The molecule has 6 nitrogen and oxygen atoms in total. The number of hydrogen-bond acceptors (Lipinski definition) is 6. The van der Waals surface area contributed by atoms with E-state index in [4.69, 9.17) is 4.74 Å². The number of phenols is 1. The van der Waals surface area contributed by atoms with Crippen molar-refractivity contribution in [3.63, 3.8) is 0 Å². The molecule has 2 aliphatic rings. The van der Waals surface area contributed by atoms with Crippen molar-refractivity contribution in [2.45, 2.75) is 58.8 Å². The SMILES string of the molecule is CC1CC=C2C(CO)(CO)CCCC2(C)C1CCC(CCO)COC(=O)C=Cc1ccc(O)cc1. The maximum atomic E-state index is 12.3. The summed E-state index contributed by atoms with van der Waals surface area (Å²) in [6.45, 7) is 4.85. The van der Waals surface area contributed by atoms with Crippen molar-refractivity contribution >= 4 is 12.0 Å². The van der Waals surface area contributed by atoms with Crippen LogP contribution in [0.15, 0.2) is 42.0 Å². The van der Waals surface area contributed by atoms with E-state index in [0.717, 1.165) is 44.1 Å². The number of hydrogen-bond donors (Lipinski definition) is 4. The largest absolute Gasteiger partial charge is 0.508 e. The number of benzene rings is 1. The van der Waals surface area contributed by atoms with E-state index >= 15 is 0 Å². The van der Waals surface area contributed by atoms with Crippen LogP contribution in [-0.4, -0.2) is 52.8 Å². The summed E-state index contributed by atoms with van der Waals surface area (Å²) in [5, 5.41) is 39.3. The molecule has 3 rings (SSSR count). The van der Waals surface area contributed by atoms with Gasteiger partial charge in [0.2, 0.25) is 0 Å². The summed E-state index contributed by atoms with van der Waals surface area (Å²) in [5.74, 6) is 0.716. The number of carbonyl (C=O) groups is 1. The van der Waals surface area contributed by atoms with Gasteiger partial charge in [-0.05, 0) is 85.5 Å². The zero-order valence-corrected chi connectivity index (χ0v) is 21.2. The molecule has 0 saturated heterocycles. The Labute approximate surface area is 209 Å². The average Bonchev–Trinajstić information content (AvgIpc) is 2.85. The number of aromatic hydroxyl groups is 1. The van der Waals surface area contributed by atoms with Gasteiger partial charge in [0.25, 0.3) is 0 Å². The monoisotopic (exact) mass is 486 g/mol. The molecule has 35 heavy (non-hydrogen) atoms. The zero-order chi connectivity index (χ0) is 25.5. The Morgan fingerprint density at radius 3 is 2.51 bits per heavy atom. The van der Waals surface area contributed by atoms with Crippen LogP contribution < -0.4 is 0 Å². The Morgan fingerprint density at radius 2 is 1.86 bits per heavy atom. The van der Waals surface area contributed by atoms with Crippen LogP contribution in [-0.2, 0) is 9.53 Å². The van der Waals surface area contributed by atoms with Crippen molar-refractivity contribution in [3.8, 4) is 5.75 Å². The zero-order valence-electron chi connectivity index (χ0n) is 21.2. The van der Waals surface area contributed by atoms with Gasteiger partial charge in [-0.15, -0.1) is 0 Å². The van der Waals surface area contributed by atoms with E-state index in [1.807, 2.05) is 0 Å². The maximum absolute atomic E-state index is 12.3. The molecule has 6 heteroatoms. The average molecular weight is 487 g/mol. The first kappa shape index (κ1) is 27.4. The normalized spacial score (nSPS) is 26.7. The number of ether oxygens (including phenoxy) is 1. The van der Waals surface area contributed by atoms with Gasteiger partial charge in [0.1, 0.15) is 5.75 Å². The Hall–Kier alpha value is -2.15. The van der Waals surface area contributed by atoms with Crippen molar-refractivity contribution in [2.24, 2.45) is 28.6 Å². The number of aliphatic hydroxyl groups excluding tert-OH is 3. The van der Waals surface area contributed by atoms with Crippen LogP contribution in [0.4, 0.5) is 0 Å². The topological polar surface area (TPSA) is 107 Å². The smallest absolute Gasteiger partial charge is 0.330 e.